The van der Waals surface area contributed by atoms with E-state index in [0.717, 1.165) is 6.07 Å². The van der Waals surface area contributed by atoms with Gasteiger partial charge >= 0.3 is 0 Å². The molecule has 0 aliphatic heterocycles. The van der Waals surface area contributed by atoms with Crippen LogP contribution in [0, 0.1) is 11.6 Å². The molecular formula is C18H19F2N3O2. The van der Waals surface area contributed by atoms with Crippen molar-refractivity contribution in [3.63, 3.8) is 0 Å². The molecule has 25 heavy (non-hydrogen) atoms. The summed E-state index contributed by atoms with van der Waals surface area (Å²) in [6, 6.07) is 9.29. The first kappa shape index (κ1) is 18.5. The van der Waals surface area contributed by atoms with Gasteiger partial charge in [-0.3, -0.25) is 9.59 Å². The summed E-state index contributed by atoms with van der Waals surface area (Å²) in [7, 11) is 1.54. The second kappa shape index (κ2) is 8.34. The molecule has 0 bridgehead atoms. The predicted octanol–water partition coefficient (Wildman–Crippen LogP) is 2.61. The van der Waals surface area contributed by atoms with E-state index in [0.29, 0.717) is 11.3 Å². The SMILES string of the molecule is CNC(=O)c1ccc(NC(=O)CN[C@@H](C)c2ccc(F)cc2F)cc1. The Kier molecular flexibility index (Phi) is 6.19. The summed E-state index contributed by atoms with van der Waals surface area (Å²) in [6.07, 6.45) is 0. The number of nitrogens with one attached hydrogen (secondary N) is 3. The Labute approximate surface area is 144 Å². The van der Waals surface area contributed by atoms with Crippen LogP contribution in [-0.2, 0) is 4.79 Å². The number of rotatable bonds is 6. The van der Waals surface area contributed by atoms with E-state index in [4.69, 9.17) is 0 Å². The topological polar surface area (TPSA) is 70.2 Å². The predicted molar refractivity (Wildman–Crippen MR) is 91.2 cm³/mol. The van der Waals surface area contributed by atoms with E-state index in [2.05, 4.69) is 16.0 Å². The molecule has 0 radical (unpaired) electrons. The molecule has 0 saturated heterocycles. The van der Waals surface area contributed by atoms with Crippen molar-refractivity contribution < 1.29 is 18.4 Å². The van der Waals surface area contributed by atoms with Gasteiger partial charge in [0.05, 0.1) is 6.54 Å². The van der Waals surface area contributed by atoms with Gasteiger partial charge < -0.3 is 16.0 Å². The van der Waals surface area contributed by atoms with Crippen molar-refractivity contribution in [3.05, 3.63) is 65.2 Å². The highest BCUT2D eigenvalue weighted by molar-refractivity contribution is 5.96. The average Bonchev–Trinajstić information content (AvgIpc) is 2.59. The first-order valence-electron chi connectivity index (χ1n) is 7.71. The normalized spacial score (nSPS) is 11.7. The number of hydrogen-bond acceptors (Lipinski definition) is 3. The van der Waals surface area contributed by atoms with Gasteiger partial charge in [-0.15, -0.1) is 0 Å². The van der Waals surface area contributed by atoms with Crippen LogP contribution < -0.4 is 16.0 Å². The highest BCUT2D eigenvalue weighted by Gasteiger charge is 2.13. The number of anilines is 1. The summed E-state index contributed by atoms with van der Waals surface area (Å²) < 4.78 is 26.6. The largest absolute Gasteiger partial charge is 0.355 e. The third kappa shape index (κ3) is 5.09. The number of carbonyl (C=O) groups excluding carboxylic acids is 2. The van der Waals surface area contributed by atoms with Gasteiger partial charge in [-0.25, -0.2) is 8.78 Å². The molecule has 0 fully saturated rings. The smallest absolute Gasteiger partial charge is 0.251 e. The van der Waals surface area contributed by atoms with E-state index in [-0.39, 0.29) is 23.9 Å². The second-order valence-corrected chi connectivity index (χ2v) is 5.47. The zero-order valence-corrected chi connectivity index (χ0v) is 13.9. The summed E-state index contributed by atoms with van der Waals surface area (Å²) in [5.74, 6) is -1.84. The van der Waals surface area contributed by atoms with Crippen LogP contribution in [0.1, 0.15) is 28.9 Å². The van der Waals surface area contributed by atoms with Gasteiger partial charge in [-0.1, -0.05) is 6.07 Å². The van der Waals surface area contributed by atoms with Crippen molar-refractivity contribution in [1.29, 1.82) is 0 Å². The van der Waals surface area contributed by atoms with Gasteiger partial charge in [0.1, 0.15) is 11.6 Å². The van der Waals surface area contributed by atoms with Gasteiger partial charge in [0, 0.05) is 36.0 Å². The number of hydrogen-bond donors (Lipinski definition) is 3. The van der Waals surface area contributed by atoms with Crippen LogP contribution in [0.25, 0.3) is 0 Å². The van der Waals surface area contributed by atoms with Gasteiger partial charge in [-0.2, -0.15) is 0 Å². The molecule has 2 aromatic carbocycles. The fourth-order valence-electron chi connectivity index (χ4n) is 2.26. The minimum Gasteiger partial charge on any atom is -0.355 e. The lowest BCUT2D eigenvalue weighted by atomic mass is 10.1. The van der Waals surface area contributed by atoms with Crippen LogP contribution >= 0.6 is 0 Å². The van der Waals surface area contributed by atoms with E-state index in [1.165, 1.54) is 19.2 Å². The van der Waals surface area contributed by atoms with Crippen LogP contribution in [0.2, 0.25) is 0 Å². The molecule has 1 atom stereocenters. The van der Waals surface area contributed by atoms with Crippen molar-refractivity contribution in [2.45, 2.75) is 13.0 Å². The molecule has 0 aromatic heterocycles. The van der Waals surface area contributed by atoms with Gasteiger partial charge in [0.15, 0.2) is 0 Å². The Bertz CT molecular complexity index is 763. The zero-order chi connectivity index (χ0) is 18.4. The molecule has 132 valence electrons. The van der Waals surface area contributed by atoms with E-state index in [1.807, 2.05) is 0 Å². The maximum atomic E-state index is 13.7. The van der Waals surface area contributed by atoms with Crippen molar-refractivity contribution in [3.8, 4) is 0 Å². The molecular weight excluding hydrogens is 328 g/mol. The summed E-state index contributed by atoms with van der Waals surface area (Å²) in [4.78, 5) is 23.4. The second-order valence-electron chi connectivity index (χ2n) is 5.47. The summed E-state index contributed by atoms with van der Waals surface area (Å²) in [6.45, 7) is 1.64. The summed E-state index contributed by atoms with van der Waals surface area (Å²) >= 11 is 0. The Morgan fingerprint density at radius 1 is 1.08 bits per heavy atom. The highest BCUT2D eigenvalue weighted by Crippen LogP contribution is 2.17. The zero-order valence-electron chi connectivity index (χ0n) is 13.9. The quantitative estimate of drug-likeness (QED) is 0.752. The Morgan fingerprint density at radius 3 is 2.36 bits per heavy atom. The van der Waals surface area contributed by atoms with E-state index >= 15 is 0 Å². The monoisotopic (exact) mass is 347 g/mol. The fourth-order valence-corrected chi connectivity index (χ4v) is 2.26. The van der Waals surface area contributed by atoms with Crippen molar-refractivity contribution in [1.82, 2.24) is 10.6 Å². The van der Waals surface area contributed by atoms with Crippen LogP contribution in [0.15, 0.2) is 42.5 Å². The molecule has 0 saturated carbocycles. The lowest BCUT2D eigenvalue weighted by Crippen LogP contribution is -2.30. The lowest BCUT2D eigenvalue weighted by molar-refractivity contribution is -0.115. The minimum absolute atomic E-state index is 0.0464. The minimum atomic E-state index is -0.662. The molecule has 7 heteroatoms. The first-order chi connectivity index (χ1) is 11.9. The van der Waals surface area contributed by atoms with Crippen LogP contribution in [0.4, 0.5) is 14.5 Å². The van der Waals surface area contributed by atoms with Crippen LogP contribution in [0.3, 0.4) is 0 Å². The van der Waals surface area contributed by atoms with Gasteiger partial charge in [0.25, 0.3) is 5.91 Å². The molecule has 2 aromatic rings. The fraction of sp³-hybridized carbons (Fsp3) is 0.222. The number of amides is 2. The van der Waals surface area contributed by atoms with E-state index in [9.17, 15) is 18.4 Å². The molecule has 0 aliphatic carbocycles. The maximum Gasteiger partial charge on any atom is 0.251 e. The third-order valence-electron chi connectivity index (χ3n) is 3.66. The maximum absolute atomic E-state index is 13.7. The lowest BCUT2D eigenvalue weighted by Gasteiger charge is -2.15. The number of halogens is 2. The molecule has 5 nitrogen and oxygen atoms in total. The van der Waals surface area contributed by atoms with Gasteiger partial charge in [0.2, 0.25) is 5.91 Å². The standard InChI is InChI=1S/C18H19F2N3O2/c1-11(15-8-5-13(19)9-16(15)20)22-10-17(24)23-14-6-3-12(4-7-14)18(25)21-2/h3-9,11,22H,10H2,1-2H3,(H,21,25)(H,23,24)/t11-/m0/s1. The Morgan fingerprint density at radius 2 is 1.76 bits per heavy atom. The molecule has 0 aliphatic rings. The number of carbonyl (C=O) groups is 2. The van der Waals surface area contributed by atoms with Gasteiger partial charge in [-0.05, 0) is 37.3 Å². The average molecular weight is 347 g/mol. The molecule has 3 N–H and O–H groups in total. The van der Waals surface area contributed by atoms with Crippen molar-refractivity contribution >= 4 is 17.5 Å². The Balaban J connectivity index is 1.88. The summed E-state index contributed by atoms with van der Waals surface area (Å²) in [5, 5.41) is 8.06. The molecule has 0 spiro atoms. The van der Waals surface area contributed by atoms with E-state index in [1.54, 1.807) is 31.2 Å². The van der Waals surface area contributed by atoms with E-state index < -0.39 is 17.7 Å². The van der Waals surface area contributed by atoms with Crippen molar-refractivity contribution in [2.75, 3.05) is 18.9 Å². The van der Waals surface area contributed by atoms with Crippen molar-refractivity contribution in [2.24, 2.45) is 0 Å². The molecule has 0 heterocycles. The van der Waals surface area contributed by atoms with Crippen LogP contribution in [-0.4, -0.2) is 25.4 Å². The number of benzene rings is 2. The molecule has 0 unspecified atom stereocenters. The Hall–Kier alpha value is -2.80. The van der Waals surface area contributed by atoms with Crippen LogP contribution in [0.5, 0.6) is 0 Å². The summed E-state index contributed by atoms with van der Waals surface area (Å²) in [5.41, 5.74) is 1.31. The third-order valence-corrected chi connectivity index (χ3v) is 3.66. The molecule has 2 rings (SSSR count). The highest BCUT2D eigenvalue weighted by atomic mass is 19.1. The first-order valence-corrected chi connectivity index (χ1v) is 7.71. The molecule has 2 amide bonds.